The molecule has 0 aliphatic carbocycles. The lowest BCUT2D eigenvalue weighted by Crippen LogP contribution is -2.64. The first kappa shape index (κ1) is 14.9. The van der Waals surface area contributed by atoms with E-state index in [1.807, 2.05) is 19.9 Å². The van der Waals surface area contributed by atoms with Gasteiger partial charge in [-0.2, -0.15) is 0 Å². The monoisotopic (exact) mass is 276 g/mol. The Balaban J connectivity index is 2.06. The number of hydrogen-bond acceptors (Lipinski definition) is 3. The summed E-state index contributed by atoms with van der Waals surface area (Å²) in [5, 5.41) is 12.6. The molecule has 1 heterocycles. The van der Waals surface area contributed by atoms with Gasteiger partial charge < -0.3 is 10.4 Å². The van der Waals surface area contributed by atoms with Gasteiger partial charge in [0.05, 0.1) is 5.54 Å². The van der Waals surface area contributed by atoms with Crippen LogP contribution in [0.25, 0.3) is 0 Å². The number of carbonyl (C=O) groups is 1. The van der Waals surface area contributed by atoms with E-state index in [9.17, 15) is 9.90 Å². The summed E-state index contributed by atoms with van der Waals surface area (Å²) in [4.78, 5) is 14.7. The van der Waals surface area contributed by atoms with Gasteiger partial charge >= 0.3 is 0 Å². The van der Waals surface area contributed by atoms with Crippen molar-refractivity contribution in [2.75, 3.05) is 18.4 Å². The molecule has 0 radical (unpaired) electrons. The molecular weight excluding hydrogens is 252 g/mol. The van der Waals surface area contributed by atoms with E-state index >= 15 is 0 Å². The number of rotatable bonds is 4. The second-order valence-corrected chi connectivity index (χ2v) is 6.32. The number of likely N-dealkylation sites (tertiary alicyclic amines) is 1. The zero-order valence-electron chi connectivity index (χ0n) is 12.7. The molecule has 20 heavy (non-hydrogen) atoms. The van der Waals surface area contributed by atoms with Gasteiger partial charge in [-0.25, -0.2) is 0 Å². The van der Waals surface area contributed by atoms with Crippen LogP contribution in [0.1, 0.15) is 32.8 Å². The highest BCUT2D eigenvalue weighted by Gasteiger charge is 2.46. The van der Waals surface area contributed by atoms with Crippen LogP contribution in [0.2, 0.25) is 0 Å². The average Bonchev–Trinajstić information content (AvgIpc) is 2.38. The summed E-state index contributed by atoms with van der Waals surface area (Å²) in [5.41, 5.74) is 1.03. The second-order valence-electron chi connectivity index (χ2n) is 6.32. The maximum Gasteiger partial charge on any atom is 0.244 e. The topological polar surface area (TPSA) is 52.6 Å². The van der Waals surface area contributed by atoms with Crippen LogP contribution < -0.4 is 5.32 Å². The predicted molar refractivity (Wildman–Crippen MR) is 80.9 cm³/mol. The molecule has 2 N–H and O–H groups in total. The predicted octanol–water partition coefficient (Wildman–Crippen LogP) is 2.76. The van der Waals surface area contributed by atoms with Crippen LogP contribution in [0.15, 0.2) is 18.2 Å². The third-order valence-electron chi connectivity index (χ3n) is 4.11. The molecule has 0 bridgehead atoms. The Kier molecular flexibility index (Phi) is 4.04. The number of benzene rings is 1. The molecule has 1 saturated heterocycles. The Morgan fingerprint density at radius 3 is 2.70 bits per heavy atom. The average molecular weight is 276 g/mol. The maximum absolute atomic E-state index is 12.5. The van der Waals surface area contributed by atoms with E-state index in [0.717, 1.165) is 25.1 Å². The van der Waals surface area contributed by atoms with Crippen LogP contribution in [-0.4, -0.2) is 34.5 Å². The Hall–Kier alpha value is -1.55. The number of hydrogen-bond donors (Lipinski definition) is 2. The number of nitrogens with zero attached hydrogens (tertiary/aromatic N) is 1. The van der Waals surface area contributed by atoms with Crippen LogP contribution in [0, 0.1) is 12.8 Å². The minimum Gasteiger partial charge on any atom is -0.508 e. The smallest absolute Gasteiger partial charge is 0.244 e. The lowest BCUT2D eigenvalue weighted by atomic mass is 9.84. The van der Waals surface area contributed by atoms with Gasteiger partial charge in [0.1, 0.15) is 5.75 Å². The molecule has 0 spiro atoms. The number of carbonyl (C=O) groups excluding carboxylic acids is 1. The fourth-order valence-electron chi connectivity index (χ4n) is 2.55. The van der Waals surface area contributed by atoms with Crippen molar-refractivity contribution >= 4 is 11.6 Å². The largest absolute Gasteiger partial charge is 0.508 e. The highest BCUT2D eigenvalue weighted by Crippen LogP contribution is 2.32. The fourth-order valence-corrected chi connectivity index (χ4v) is 2.55. The summed E-state index contributed by atoms with van der Waals surface area (Å²) in [7, 11) is 0. The molecule has 1 aromatic rings. The Labute approximate surface area is 120 Å². The van der Waals surface area contributed by atoms with Gasteiger partial charge in [0.2, 0.25) is 5.91 Å². The third kappa shape index (κ3) is 2.80. The van der Waals surface area contributed by atoms with Crippen LogP contribution in [0.5, 0.6) is 5.75 Å². The maximum atomic E-state index is 12.5. The minimum atomic E-state index is -0.426. The summed E-state index contributed by atoms with van der Waals surface area (Å²) >= 11 is 0. The fraction of sp³-hybridized carbons (Fsp3) is 0.562. The first-order valence-electron chi connectivity index (χ1n) is 7.19. The Morgan fingerprint density at radius 2 is 2.20 bits per heavy atom. The van der Waals surface area contributed by atoms with Gasteiger partial charge in [0, 0.05) is 24.8 Å². The quantitative estimate of drug-likeness (QED) is 0.889. The lowest BCUT2D eigenvalue weighted by molar-refractivity contribution is -0.136. The second kappa shape index (κ2) is 5.44. The Bertz CT molecular complexity index is 513. The molecule has 4 heteroatoms. The number of anilines is 1. The van der Waals surface area contributed by atoms with E-state index in [1.165, 1.54) is 0 Å². The van der Waals surface area contributed by atoms with Gasteiger partial charge in [-0.05, 0) is 37.8 Å². The van der Waals surface area contributed by atoms with E-state index in [-0.39, 0.29) is 11.7 Å². The molecule has 1 aliphatic rings. The van der Waals surface area contributed by atoms with Crippen LogP contribution >= 0.6 is 0 Å². The van der Waals surface area contributed by atoms with Gasteiger partial charge in [0.25, 0.3) is 0 Å². The van der Waals surface area contributed by atoms with Gasteiger partial charge in [0.15, 0.2) is 0 Å². The molecule has 0 saturated carbocycles. The summed E-state index contributed by atoms with van der Waals surface area (Å²) < 4.78 is 0. The number of phenolic OH excluding ortho intramolecular Hbond substituents is 1. The number of amides is 1. The molecule has 1 aliphatic heterocycles. The van der Waals surface area contributed by atoms with E-state index in [0.29, 0.717) is 11.6 Å². The van der Waals surface area contributed by atoms with Gasteiger partial charge in [-0.15, -0.1) is 0 Å². The number of phenols is 1. The number of nitrogens with one attached hydrogen (secondary N) is 1. The van der Waals surface area contributed by atoms with Crippen molar-refractivity contribution in [1.82, 2.24) is 4.90 Å². The first-order chi connectivity index (χ1) is 9.33. The van der Waals surface area contributed by atoms with Crippen molar-refractivity contribution < 1.29 is 9.90 Å². The molecule has 4 nitrogen and oxygen atoms in total. The van der Waals surface area contributed by atoms with Gasteiger partial charge in [-0.1, -0.05) is 19.9 Å². The zero-order chi connectivity index (χ0) is 14.9. The molecular formula is C16H24N2O2. The summed E-state index contributed by atoms with van der Waals surface area (Å²) in [5.74, 6) is 0.763. The summed E-state index contributed by atoms with van der Waals surface area (Å²) in [6.07, 6.45) is 0.878. The normalized spacial score (nSPS) is 22.6. The highest BCUT2D eigenvalue weighted by molar-refractivity contribution is 5.98. The molecule has 1 aromatic carbocycles. The minimum absolute atomic E-state index is 0.00709. The van der Waals surface area contributed by atoms with Crippen molar-refractivity contribution in [3.63, 3.8) is 0 Å². The van der Waals surface area contributed by atoms with Crippen molar-refractivity contribution in [1.29, 1.82) is 0 Å². The van der Waals surface area contributed by atoms with Crippen LogP contribution in [-0.2, 0) is 4.79 Å². The molecule has 0 aromatic heterocycles. The molecule has 1 atom stereocenters. The van der Waals surface area contributed by atoms with E-state index in [4.69, 9.17) is 0 Å². The third-order valence-corrected chi connectivity index (χ3v) is 4.11. The Morgan fingerprint density at radius 1 is 1.50 bits per heavy atom. The standard InChI is InChI=1S/C16H24N2O2/c1-11(2)10-18-8-7-16(18,4)15(20)17-13-6-5-12(3)14(19)9-13/h5-6,9,11,19H,7-8,10H2,1-4H3,(H,17,20). The number of aromatic hydroxyl groups is 1. The lowest BCUT2D eigenvalue weighted by Gasteiger charge is -2.49. The first-order valence-corrected chi connectivity index (χ1v) is 7.19. The number of aryl methyl sites for hydroxylation is 1. The van der Waals surface area contributed by atoms with Crippen LogP contribution in [0.3, 0.4) is 0 Å². The van der Waals surface area contributed by atoms with E-state index < -0.39 is 5.54 Å². The summed E-state index contributed by atoms with van der Waals surface area (Å²) in [6, 6.07) is 5.23. The van der Waals surface area contributed by atoms with Crippen molar-refractivity contribution in [3.05, 3.63) is 23.8 Å². The molecule has 110 valence electrons. The van der Waals surface area contributed by atoms with Crippen LogP contribution in [0.4, 0.5) is 5.69 Å². The zero-order valence-corrected chi connectivity index (χ0v) is 12.7. The van der Waals surface area contributed by atoms with Gasteiger partial charge in [-0.3, -0.25) is 9.69 Å². The molecule has 1 unspecified atom stereocenters. The molecule has 1 fully saturated rings. The SMILES string of the molecule is Cc1ccc(NC(=O)C2(C)CCN2CC(C)C)cc1O. The van der Waals surface area contributed by atoms with Crippen molar-refractivity contribution in [2.45, 2.75) is 39.7 Å². The van der Waals surface area contributed by atoms with Crippen molar-refractivity contribution in [3.8, 4) is 5.75 Å². The highest BCUT2D eigenvalue weighted by atomic mass is 16.3. The summed E-state index contributed by atoms with van der Waals surface area (Å²) in [6.45, 7) is 10.1. The van der Waals surface area contributed by atoms with Crippen molar-refractivity contribution in [2.24, 2.45) is 5.92 Å². The van der Waals surface area contributed by atoms with E-state index in [2.05, 4.69) is 24.1 Å². The molecule has 1 amide bonds. The van der Waals surface area contributed by atoms with E-state index in [1.54, 1.807) is 12.1 Å². The molecule has 2 rings (SSSR count).